The molecule has 0 atom stereocenters. The zero-order chi connectivity index (χ0) is 13.2. The van der Waals surface area contributed by atoms with Crippen molar-refractivity contribution in [3.63, 3.8) is 0 Å². The maximum Gasteiger partial charge on any atom is 0.222 e. The fraction of sp³-hybridized carbons (Fsp3) is 0.385. The normalized spacial score (nSPS) is 11.5. The summed E-state index contributed by atoms with van der Waals surface area (Å²) >= 11 is 0. The maximum atomic E-state index is 4.60. The van der Waals surface area contributed by atoms with E-state index in [2.05, 4.69) is 39.7 Å². The molecule has 0 saturated heterocycles. The summed E-state index contributed by atoms with van der Waals surface area (Å²) < 4.78 is 1.72. The van der Waals surface area contributed by atoms with Gasteiger partial charge in [0.05, 0.1) is 11.0 Å². The smallest absolute Gasteiger partial charge is 0.222 e. The van der Waals surface area contributed by atoms with Crippen molar-refractivity contribution < 1.29 is 0 Å². The second-order valence-electron chi connectivity index (χ2n) is 4.97. The van der Waals surface area contributed by atoms with Crippen LogP contribution in [0.4, 0.5) is 5.82 Å². The van der Waals surface area contributed by atoms with Gasteiger partial charge >= 0.3 is 0 Å². The molecule has 3 aromatic rings. The van der Waals surface area contributed by atoms with Gasteiger partial charge in [-0.15, -0.1) is 5.10 Å². The Kier molecular flexibility index (Phi) is 2.98. The Bertz CT molecular complexity index is 702. The van der Waals surface area contributed by atoms with Crippen molar-refractivity contribution in [1.82, 2.24) is 25.0 Å². The first kappa shape index (κ1) is 11.8. The highest BCUT2D eigenvalue weighted by atomic mass is 15.5. The van der Waals surface area contributed by atoms with E-state index in [9.17, 15) is 0 Å². The summed E-state index contributed by atoms with van der Waals surface area (Å²) in [5.74, 6) is 1.39. The Balaban J connectivity index is 2.04. The minimum absolute atomic E-state index is 0.653. The average Bonchev–Trinajstić information content (AvgIpc) is 2.88. The van der Waals surface area contributed by atoms with Gasteiger partial charge < -0.3 is 5.32 Å². The van der Waals surface area contributed by atoms with Gasteiger partial charge in [-0.25, -0.2) is 4.98 Å². The molecule has 0 aliphatic carbocycles. The molecule has 1 N–H and O–H groups in total. The topological polar surface area (TPSA) is 68.0 Å². The molecule has 0 aliphatic rings. The van der Waals surface area contributed by atoms with Crippen molar-refractivity contribution in [2.75, 3.05) is 11.9 Å². The minimum Gasteiger partial charge on any atom is -0.367 e. The van der Waals surface area contributed by atoms with Crippen LogP contribution in [-0.4, -0.2) is 31.6 Å². The van der Waals surface area contributed by atoms with Crippen LogP contribution in [0.15, 0.2) is 24.3 Å². The summed E-state index contributed by atoms with van der Waals surface area (Å²) in [4.78, 5) is 4.60. The van der Waals surface area contributed by atoms with Crippen LogP contribution in [0, 0.1) is 5.92 Å². The van der Waals surface area contributed by atoms with Crippen LogP contribution in [0.25, 0.3) is 16.7 Å². The molecule has 6 heteroatoms. The molecule has 0 saturated carbocycles. The molecule has 1 aromatic carbocycles. The number of hydrogen-bond acceptors (Lipinski definition) is 5. The Morgan fingerprint density at radius 3 is 2.95 bits per heavy atom. The van der Waals surface area contributed by atoms with Crippen LogP contribution in [0.2, 0.25) is 0 Å². The van der Waals surface area contributed by atoms with Gasteiger partial charge in [-0.3, -0.25) is 0 Å². The second kappa shape index (κ2) is 4.79. The maximum absolute atomic E-state index is 4.60. The van der Waals surface area contributed by atoms with E-state index in [1.807, 2.05) is 24.3 Å². The van der Waals surface area contributed by atoms with Gasteiger partial charge in [-0.1, -0.05) is 26.0 Å². The van der Waals surface area contributed by atoms with Crippen LogP contribution < -0.4 is 5.32 Å². The zero-order valence-corrected chi connectivity index (χ0v) is 11.0. The Morgan fingerprint density at radius 1 is 1.26 bits per heavy atom. The van der Waals surface area contributed by atoms with E-state index < -0.39 is 0 Å². The number of nitrogens with one attached hydrogen (secondary N) is 1. The second-order valence-corrected chi connectivity index (χ2v) is 4.97. The number of tetrazole rings is 1. The standard InChI is InChI=1S/C13H16N6/c1-9(2)7-8-14-12-13-16-17-18-19(13)11-6-4-3-5-10(11)15-12/h3-6,9H,7-8H2,1-2H3,(H,14,15). The van der Waals surface area contributed by atoms with E-state index in [1.165, 1.54) is 0 Å². The van der Waals surface area contributed by atoms with Gasteiger partial charge in [0, 0.05) is 6.54 Å². The zero-order valence-electron chi connectivity index (χ0n) is 11.0. The molecule has 2 aromatic heterocycles. The number of hydrogen-bond donors (Lipinski definition) is 1. The van der Waals surface area contributed by atoms with Crippen LogP contribution in [-0.2, 0) is 0 Å². The van der Waals surface area contributed by atoms with E-state index in [4.69, 9.17) is 0 Å². The number of anilines is 1. The minimum atomic E-state index is 0.653. The van der Waals surface area contributed by atoms with Crippen molar-refractivity contribution >= 4 is 22.5 Å². The molecule has 0 bridgehead atoms. The fourth-order valence-corrected chi connectivity index (χ4v) is 2.00. The lowest BCUT2D eigenvalue weighted by atomic mass is 10.1. The quantitative estimate of drug-likeness (QED) is 0.774. The van der Waals surface area contributed by atoms with Crippen molar-refractivity contribution in [2.45, 2.75) is 20.3 Å². The lowest BCUT2D eigenvalue weighted by Crippen LogP contribution is -2.08. The summed E-state index contributed by atoms with van der Waals surface area (Å²) in [6.07, 6.45) is 1.09. The van der Waals surface area contributed by atoms with Gasteiger partial charge in [0.2, 0.25) is 5.65 Å². The Hall–Kier alpha value is -2.24. The highest BCUT2D eigenvalue weighted by Crippen LogP contribution is 2.18. The van der Waals surface area contributed by atoms with Crippen molar-refractivity contribution in [3.05, 3.63) is 24.3 Å². The van der Waals surface area contributed by atoms with E-state index in [1.54, 1.807) is 4.52 Å². The third kappa shape index (κ3) is 2.21. The summed E-state index contributed by atoms with van der Waals surface area (Å²) in [5, 5.41) is 15.1. The van der Waals surface area contributed by atoms with E-state index in [0.29, 0.717) is 11.6 Å². The molecule has 2 heterocycles. The molecular formula is C13H16N6. The molecule has 0 amide bonds. The first-order valence-electron chi connectivity index (χ1n) is 6.46. The number of benzene rings is 1. The van der Waals surface area contributed by atoms with E-state index in [0.717, 1.165) is 29.8 Å². The third-order valence-electron chi connectivity index (χ3n) is 3.04. The first-order valence-corrected chi connectivity index (χ1v) is 6.46. The van der Waals surface area contributed by atoms with Crippen LogP contribution in [0.3, 0.4) is 0 Å². The predicted octanol–water partition coefficient (Wildman–Crippen LogP) is 2.13. The SMILES string of the molecule is CC(C)CCNc1nc2ccccc2n2nnnc12. The molecule has 0 radical (unpaired) electrons. The summed E-state index contributed by atoms with van der Waals surface area (Å²) in [7, 11) is 0. The van der Waals surface area contributed by atoms with Gasteiger partial charge in [0.15, 0.2) is 5.82 Å². The van der Waals surface area contributed by atoms with Crippen LogP contribution >= 0.6 is 0 Å². The van der Waals surface area contributed by atoms with Gasteiger partial charge in [0.25, 0.3) is 0 Å². The first-order chi connectivity index (χ1) is 9.25. The molecule has 19 heavy (non-hydrogen) atoms. The molecule has 6 nitrogen and oxygen atoms in total. The van der Waals surface area contributed by atoms with Crippen molar-refractivity contribution in [2.24, 2.45) is 5.92 Å². The lowest BCUT2D eigenvalue weighted by molar-refractivity contribution is 0.607. The summed E-state index contributed by atoms with van der Waals surface area (Å²) in [6, 6.07) is 7.84. The Labute approximate surface area is 110 Å². The average molecular weight is 256 g/mol. The highest BCUT2D eigenvalue weighted by molar-refractivity contribution is 5.81. The molecule has 0 spiro atoms. The number of rotatable bonds is 4. The number of para-hydroxylation sites is 2. The molecule has 3 rings (SSSR count). The van der Waals surface area contributed by atoms with Gasteiger partial charge in [-0.2, -0.15) is 4.52 Å². The fourth-order valence-electron chi connectivity index (χ4n) is 2.00. The lowest BCUT2D eigenvalue weighted by Gasteiger charge is -2.09. The number of fused-ring (bicyclic) bond motifs is 3. The molecule has 0 fully saturated rings. The predicted molar refractivity (Wildman–Crippen MR) is 74.0 cm³/mol. The van der Waals surface area contributed by atoms with Crippen molar-refractivity contribution in [1.29, 1.82) is 0 Å². The summed E-state index contributed by atoms with van der Waals surface area (Å²) in [6.45, 7) is 5.26. The van der Waals surface area contributed by atoms with E-state index in [-0.39, 0.29) is 0 Å². The van der Waals surface area contributed by atoms with E-state index >= 15 is 0 Å². The van der Waals surface area contributed by atoms with Gasteiger partial charge in [-0.05, 0) is 34.9 Å². The highest BCUT2D eigenvalue weighted by Gasteiger charge is 2.10. The largest absolute Gasteiger partial charge is 0.367 e. The van der Waals surface area contributed by atoms with Crippen molar-refractivity contribution in [3.8, 4) is 0 Å². The monoisotopic (exact) mass is 256 g/mol. The third-order valence-corrected chi connectivity index (χ3v) is 3.04. The number of aromatic nitrogens is 5. The number of nitrogens with zero attached hydrogens (tertiary/aromatic N) is 5. The Morgan fingerprint density at radius 2 is 2.11 bits per heavy atom. The molecule has 0 aliphatic heterocycles. The molecule has 98 valence electrons. The molecule has 0 unspecified atom stereocenters. The molecular weight excluding hydrogens is 240 g/mol. The van der Waals surface area contributed by atoms with Crippen LogP contribution in [0.5, 0.6) is 0 Å². The van der Waals surface area contributed by atoms with Crippen LogP contribution in [0.1, 0.15) is 20.3 Å². The van der Waals surface area contributed by atoms with Gasteiger partial charge in [0.1, 0.15) is 0 Å². The summed E-state index contributed by atoms with van der Waals surface area (Å²) in [5.41, 5.74) is 2.47.